The van der Waals surface area contributed by atoms with E-state index in [1.807, 2.05) is 0 Å². The molecule has 0 aliphatic heterocycles. The van der Waals surface area contributed by atoms with Gasteiger partial charge in [0.1, 0.15) is 12.1 Å². The Morgan fingerprint density at radius 3 is 2.04 bits per heavy atom. The van der Waals surface area contributed by atoms with Crippen molar-refractivity contribution in [2.45, 2.75) is 63.4 Å². The number of carboxylic acid groups (broad SMARTS) is 1. The highest BCUT2D eigenvalue weighted by atomic mass is 16.4. The summed E-state index contributed by atoms with van der Waals surface area (Å²) in [4.78, 5) is 47.2. The van der Waals surface area contributed by atoms with E-state index in [2.05, 4.69) is 16.0 Å². The molecule has 0 saturated heterocycles. The number of unbranched alkanes of at least 4 members (excludes halogenated alkanes) is 1. The van der Waals surface area contributed by atoms with Crippen LogP contribution in [0.15, 0.2) is 0 Å². The molecule has 28 heavy (non-hydrogen) atoms. The third-order valence-electron chi connectivity index (χ3n) is 3.92. The topological polar surface area (TPSA) is 217 Å². The molecule has 0 bridgehead atoms. The highest BCUT2D eigenvalue weighted by Crippen LogP contribution is 1.99. The molecule has 162 valence electrons. The van der Waals surface area contributed by atoms with Crippen molar-refractivity contribution in [1.29, 1.82) is 0 Å². The Kier molecular flexibility index (Phi) is 11.9. The fraction of sp³-hybridized carbons (Fsp3) is 0.750. The zero-order valence-corrected chi connectivity index (χ0v) is 16.1. The molecule has 0 heterocycles. The maximum atomic E-state index is 12.2. The third-order valence-corrected chi connectivity index (χ3v) is 3.92. The van der Waals surface area contributed by atoms with Crippen molar-refractivity contribution in [2.24, 2.45) is 11.5 Å². The molecule has 0 aliphatic rings. The maximum absolute atomic E-state index is 12.2. The van der Waals surface area contributed by atoms with Gasteiger partial charge in [-0.2, -0.15) is 0 Å². The smallest absolute Gasteiger partial charge is 0.328 e. The molecule has 10 N–H and O–H groups in total. The number of amides is 3. The predicted octanol–water partition coefficient (Wildman–Crippen LogP) is -3.63. The average Bonchev–Trinajstić information content (AvgIpc) is 2.62. The van der Waals surface area contributed by atoms with E-state index in [1.54, 1.807) is 0 Å². The number of carbonyl (C=O) groups excluding carboxylic acids is 3. The number of carboxylic acids is 1. The number of rotatable bonds is 13. The molecule has 0 aromatic rings. The largest absolute Gasteiger partial charge is 0.480 e. The van der Waals surface area contributed by atoms with Gasteiger partial charge in [-0.25, -0.2) is 4.79 Å². The number of nitrogens with two attached hydrogens (primary N) is 2. The maximum Gasteiger partial charge on any atom is 0.328 e. The molecule has 0 fully saturated rings. The lowest BCUT2D eigenvalue weighted by Crippen LogP contribution is -2.58. The Morgan fingerprint density at radius 1 is 0.964 bits per heavy atom. The highest BCUT2D eigenvalue weighted by Gasteiger charge is 2.29. The van der Waals surface area contributed by atoms with Crippen molar-refractivity contribution in [3.8, 4) is 0 Å². The minimum Gasteiger partial charge on any atom is -0.480 e. The molecule has 0 spiro atoms. The van der Waals surface area contributed by atoms with E-state index in [-0.39, 0.29) is 0 Å². The van der Waals surface area contributed by atoms with Crippen molar-refractivity contribution in [1.82, 2.24) is 16.0 Å². The summed E-state index contributed by atoms with van der Waals surface area (Å²) >= 11 is 0. The van der Waals surface area contributed by atoms with Crippen molar-refractivity contribution >= 4 is 23.7 Å². The van der Waals surface area contributed by atoms with E-state index in [9.17, 15) is 29.4 Å². The SMILES string of the molecule is CC(NC(=O)C(CO)NC(=O)C(N)CCCCN)C(=O)NC(C(=O)O)C(C)O. The Labute approximate surface area is 163 Å². The van der Waals surface area contributed by atoms with Crippen LogP contribution in [0.1, 0.15) is 33.1 Å². The number of carbonyl (C=O) groups is 4. The van der Waals surface area contributed by atoms with Crippen LogP contribution in [-0.2, 0) is 19.2 Å². The summed E-state index contributed by atoms with van der Waals surface area (Å²) in [5.74, 6) is -3.78. The summed E-state index contributed by atoms with van der Waals surface area (Å²) in [5, 5.41) is 34.3. The highest BCUT2D eigenvalue weighted by molar-refractivity contribution is 5.94. The second-order valence-electron chi connectivity index (χ2n) is 6.43. The molecule has 12 heteroatoms. The first-order valence-corrected chi connectivity index (χ1v) is 8.93. The molecule has 0 rings (SSSR count). The summed E-state index contributed by atoms with van der Waals surface area (Å²) in [6.07, 6.45) is 0.333. The van der Waals surface area contributed by atoms with Crippen LogP contribution >= 0.6 is 0 Å². The summed E-state index contributed by atoms with van der Waals surface area (Å²) < 4.78 is 0. The van der Waals surface area contributed by atoms with Crippen LogP contribution in [0.25, 0.3) is 0 Å². The van der Waals surface area contributed by atoms with E-state index in [0.717, 1.165) is 0 Å². The standard InChI is InChI=1S/C16H31N5O7/c1-8(13(24)21-12(9(2)23)16(27)28)19-15(26)11(7-22)20-14(25)10(18)5-3-4-6-17/h8-12,22-23H,3-7,17-18H2,1-2H3,(H,19,26)(H,20,25)(H,21,24)(H,27,28). The molecule has 12 nitrogen and oxygen atoms in total. The molecule has 0 aliphatic carbocycles. The molecular weight excluding hydrogens is 374 g/mol. The van der Waals surface area contributed by atoms with Crippen LogP contribution in [0.5, 0.6) is 0 Å². The monoisotopic (exact) mass is 405 g/mol. The fourth-order valence-corrected chi connectivity index (χ4v) is 2.16. The molecule has 3 amide bonds. The summed E-state index contributed by atoms with van der Waals surface area (Å²) in [6, 6.07) is -4.95. The van der Waals surface area contributed by atoms with Gasteiger partial charge in [0.05, 0.1) is 18.8 Å². The first kappa shape index (κ1) is 25.7. The minimum absolute atomic E-state index is 0.359. The van der Waals surface area contributed by atoms with Gasteiger partial charge in [0.25, 0.3) is 0 Å². The third kappa shape index (κ3) is 9.08. The number of hydrogen-bond acceptors (Lipinski definition) is 8. The Bertz CT molecular complexity index is 543. The zero-order valence-electron chi connectivity index (χ0n) is 16.1. The second kappa shape index (κ2) is 13.0. The zero-order chi connectivity index (χ0) is 21.9. The van der Waals surface area contributed by atoms with Crippen LogP contribution < -0.4 is 27.4 Å². The molecule has 0 radical (unpaired) electrons. The number of aliphatic hydroxyl groups excluding tert-OH is 2. The van der Waals surface area contributed by atoms with Gasteiger partial charge in [-0.3, -0.25) is 14.4 Å². The van der Waals surface area contributed by atoms with Gasteiger partial charge in [-0.15, -0.1) is 0 Å². The molecule has 5 atom stereocenters. The Balaban J connectivity index is 4.71. The van der Waals surface area contributed by atoms with Gasteiger partial charge in [0, 0.05) is 0 Å². The van der Waals surface area contributed by atoms with Crippen molar-refractivity contribution < 1.29 is 34.5 Å². The Hall–Kier alpha value is -2.28. The summed E-state index contributed by atoms with van der Waals surface area (Å²) in [7, 11) is 0. The quantitative estimate of drug-likeness (QED) is 0.142. The van der Waals surface area contributed by atoms with Crippen LogP contribution in [0.4, 0.5) is 0 Å². The lowest BCUT2D eigenvalue weighted by atomic mass is 10.1. The van der Waals surface area contributed by atoms with E-state index < -0.39 is 60.6 Å². The number of aliphatic carboxylic acids is 1. The minimum atomic E-state index is -1.55. The van der Waals surface area contributed by atoms with Crippen LogP contribution in [0.3, 0.4) is 0 Å². The molecule has 0 aromatic carbocycles. The first-order valence-electron chi connectivity index (χ1n) is 8.93. The van der Waals surface area contributed by atoms with Gasteiger partial charge in [0.15, 0.2) is 6.04 Å². The van der Waals surface area contributed by atoms with E-state index >= 15 is 0 Å². The van der Waals surface area contributed by atoms with Gasteiger partial charge >= 0.3 is 5.97 Å². The average molecular weight is 405 g/mol. The first-order chi connectivity index (χ1) is 13.0. The van der Waals surface area contributed by atoms with Crippen LogP contribution in [-0.4, -0.2) is 82.4 Å². The van der Waals surface area contributed by atoms with Gasteiger partial charge < -0.3 is 42.7 Å². The summed E-state index contributed by atoms with van der Waals surface area (Å²) in [6.45, 7) is 2.21. The second-order valence-corrected chi connectivity index (χ2v) is 6.43. The van der Waals surface area contributed by atoms with E-state index in [1.165, 1.54) is 13.8 Å². The van der Waals surface area contributed by atoms with Gasteiger partial charge in [-0.1, -0.05) is 6.42 Å². The van der Waals surface area contributed by atoms with Crippen molar-refractivity contribution in [3.05, 3.63) is 0 Å². The van der Waals surface area contributed by atoms with Gasteiger partial charge in [0.2, 0.25) is 17.7 Å². The number of nitrogens with one attached hydrogen (secondary N) is 3. The molecule has 0 aromatic heterocycles. The van der Waals surface area contributed by atoms with E-state index in [4.69, 9.17) is 16.6 Å². The molecular formula is C16H31N5O7. The van der Waals surface area contributed by atoms with Crippen LogP contribution in [0, 0.1) is 0 Å². The lowest BCUT2D eigenvalue weighted by Gasteiger charge is -2.23. The van der Waals surface area contributed by atoms with Crippen LogP contribution in [0.2, 0.25) is 0 Å². The fourth-order valence-electron chi connectivity index (χ4n) is 2.16. The number of hydrogen-bond donors (Lipinski definition) is 8. The predicted molar refractivity (Wildman–Crippen MR) is 98.7 cm³/mol. The lowest BCUT2D eigenvalue weighted by molar-refractivity contribution is -0.145. The van der Waals surface area contributed by atoms with E-state index in [0.29, 0.717) is 25.8 Å². The number of aliphatic hydroxyl groups is 2. The Morgan fingerprint density at radius 2 is 1.57 bits per heavy atom. The van der Waals surface area contributed by atoms with Crippen molar-refractivity contribution in [3.63, 3.8) is 0 Å². The summed E-state index contributed by atoms with van der Waals surface area (Å²) in [5.41, 5.74) is 11.1. The molecule has 5 unspecified atom stereocenters. The normalized spacial score (nSPS) is 16.2. The molecule has 0 saturated carbocycles. The van der Waals surface area contributed by atoms with Gasteiger partial charge in [-0.05, 0) is 33.2 Å². The van der Waals surface area contributed by atoms with Crippen molar-refractivity contribution in [2.75, 3.05) is 13.2 Å².